The fraction of sp³-hybridized carbons (Fsp3) is 0.900. The number of carboxylic acids is 1. The van der Waals surface area contributed by atoms with Gasteiger partial charge in [-0.15, -0.1) is 0 Å². The molecule has 0 heterocycles. The number of esters is 1. The van der Waals surface area contributed by atoms with E-state index in [9.17, 15) is 14.7 Å². The van der Waals surface area contributed by atoms with Crippen molar-refractivity contribution < 1.29 is 19.4 Å². The Balaban J connectivity index is 2.49. The summed E-state index contributed by atoms with van der Waals surface area (Å²) in [5.74, 6) is -1.42. The molecular weight excluding hydrogens is 304 g/mol. The number of hydrogen-bond donors (Lipinski definition) is 1. The molecule has 0 aliphatic heterocycles. The second kappa shape index (κ2) is 11.5. The lowest BCUT2D eigenvalue weighted by Gasteiger charge is -2.37. The zero-order valence-corrected chi connectivity index (χ0v) is 15.6. The Morgan fingerprint density at radius 2 is 1.71 bits per heavy atom. The van der Waals surface area contributed by atoms with Gasteiger partial charge in [-0.05, 0) is 51.4 Å². The first-order valence-electron chi connectivity index (χ1n) is 9.97. The van der Waals surface area contributed by atoms with Crippen LogP contribution in [-0.4, -0.2) is 22.6 Å². The lowest BCUT2D eigenvalue weighted by Crippen LogP contribution is -2.37. The SMILES string of the molecule is CCCCCCC1(OC(=O)CCC(CCC)C(=O)O)CCCCC1. The van der Waals surface area contributed by atoms with E-state index in [1.807, 2.05) is 6.92 Å². The summed E-state index contributed by atoms with van der Waals surface area (Å²) in [5.41, 5.74) is -0.271. The predicted octanol–water partition coefficient (Wildman–Crippen LogP) is 5.48. The van der Waals surface area contributed by atoms with Crippen molar-refractivity contribution in [2.45, 2.75) is 109 Å². The molecule has 4 heteroatoms. The number of carbonyl (C=O) groups excluding carboxylic acids is 1. The summed E-state index contributed by atoms with van der Waals surface area (Å²) >= 11 is 0. The number of carboxylic acid groups (broad SMARTS) is 1. The molecule has 0 spiro atoms. The first-order valence-corrected chi connectivity index (χ1v) is 9.97. The molecule has 1 unspecified atom stereocenters. The van der Waals surface area contributed by atoms with Crippen LogP contribution in [0.1, 0.15) is 104 Å². The molecule has 0 radical (unpaired) electrons. The minimum Gasteiger partial charge on any atom is -0.481 e. The van der Waals surface area contributed by atoms with Gasteiger partial charge in [-0.2, -0.15) is 0 Å². The number of unbranched alkanes of at least 4 members (excludes halogenated alkanes) is 3. The van der Waals surface area contributed by atoms with Crippen LogP contribution in [0.3, 0.4) is 0 Å². The lowest BCUT2D eigenvalue weighted by molar-refractivity contribution is -0.165. The highest BCUT2D eigenvalue weighted by Gasteiger charge is 2.35. The summed E-state index contributed by atoms with van der Waals surface area (Å²) in [7, 11) is 0. The van der Waals surface area contributed by atoms with Gasteiger partial charge in [0.1, 0.15) is 5.60 Å². The molecule has 1 fully saturated rings. The van der Waals surface area contributed by atoms with Crippen molar-refractivity contribution in [1.82, 2.24) is 0 Å². The molecule has 0 aromatic carbocycles. The van der Waals surface area contributed by atoms with Crippen molar-refractivity contribution in [2.24, 2.45) is 5.92 Å². The van der Waals surface area contributed by atoms with Crippen molar-refractivity contribution in [3.05, 3.63) is 0 Å². The Hall–Kier alpha value is -1.06. The average Bonchev–Trinajstić information content (AvgIpc) is 2.56. The predicted molar refractivity (Wildman–Crippen MR) is 95.9 cm³/mol. The molecule has 1 N–H and O–H groups in total. The molecule has 140 valence electrons. The highest BCUT2D eigenvalue weighted by atomic mass is 16.6. The van der Waals surface area contributed by atoms with Gasteiger partial charge in [0, 0.05) is 6.42 Å². The van der Waals surface area contributed by atoms with E-state index in [1.54, 1.807) is 0 Å². The van der Waals surface area contributed by atoms with E-state index in [1.165, 1.54) is 25.7 Å². The minimum absolute atomic E-state index is 0.199. The minimum atomic E-state index is -0.795. The maximum atomic E-state index is 12.3. The van der Waals surface area contributed by atoms with Crippen LogP contribution < -0.4 is 0 Å². The molecule has 0 saturated heterocycles. The van der Waals surface area contributed by atoms with Gasteiger partial charge in [-0.1, -0.05) is 46.0 Å². The van der Waals surface area contributed by atoms with Gasteiger partial charge in [0.05, 0.1) is 5.92 Å². The topological polar surface area (TPSA) is 63.6 Å². The van der Waals surface area contributed by atoms with Crippen LogP contribution in [0.25, 0.3) is 0 Å². The monoisotopic (exact) mass is 340 g/mol. The third-order valence-corrected chi connectivity index (χ3v) is 5.26. The van der Waals surface area contributed by atoms with Crippen molar-refractivity contribution in [3.63, 3.8) is 0 Å². The normalized spacial score (nSPS) is 18.1. The Kier molecular flexibility index (Phi) is 10.0. The molecule has 4 nitrogen and oxygen atoms in total. The van der Waals surface area contributed by atoms with Crippen molar-refractivity contribution in [1.29, 1.82) is 0 Å². The second-order valence-electron chi connectivity index (χ2n) is 7.39. The number of hydrogen-bond acceptors (Lipinski definition) is 3. The van der Waals surface area contributed by atoms with Gasteiger partial charge in [0.2, 0.25) is 0 Å². The first-order chi connectivity index (χ1) is 11.5. The molecular formula is C20H36O4. The molecule has 0 aromatic heterocycles. The van der Waals surface area contributed by atoms with Crippen LogP contribution in [0, 0.1) is 5.92 Å². The Morgan fingerprint density at radius 3 is 2.29 bits per heavy atom. The van der Waals surface area contributed by atoms with Gasteiger partial charge in [0.15, 0.2) is 0 Å². The average molecular weight is 341 g/mol. The van der Waals surface area contributed by atoms with Crippen LogP contribution in [0.4, 0.5) is 0 Å². The lowest BCUT2D eigenvalue weighted by atomic mass is 9.81. The van der Waals surface area contributed by atoms with Gasteiger partial charge >= 0.3 is 11.9 Å². The molecule has 0 aromatic rings. The highest BCUT2D eigenvalue weighted by Crippen LogP contribution is 2.36. The molecule has 1 atom stereocenters. The quantitative estimate of drug-likeness (QED) is 0.377. The number of rotatable bonds is 12. The van der Waals surface area contributed by atoms with Crippen LogP contribution in [-0.2, 0) is 14.3 Å². The van der Waals surface area contributed by atoms with E-state index in [4.69, 9.17) is 4.74 Å². The standard InChI is InChI=1S/C20H36O4/c1-3-5-6-8-14-20(15-9-7-10-16-20)24-18(21)13-12-17(11-4-2)19(22)23/h17H,3-16H2,1-2H3,(H,22,23). The van der Waals surface area contributed by atoms with E-state index >= 15 is 0 Å². The van der Waals surface area contributed by atoms with Crippen LogP contribution >= 0.6 is 0 Å². The van der Waals surface area contributed by atoms with E-state index in [0.29, 0.717) is 12.8 Å². The third-order valence-electron chi connectivity index (χ3n) is 5.26. The number of ether oxygens (including phenoxy) is 1. The highest BCUT2D eigenvalue weighted by molar-refractivity contribution is 5.73. The van der Waals surface area contributed by atoms with Gasteiger partial charge < -0.3 is 9.84 Å². The zero-order valence-electron chi connectivity index (χ0n) is 15.6. The Morgan fingerprint density at radius 1 is 1.00 bits per heavy atom. The summed E-state index contributed by atoms with van der Waals surface area (Å²) in [6.45, 7) is 4.17. The molecule has 24 heavy (non-hydrogen) atoms. The molecule has 1 rings (SSSR count). The smallest absolute Gasteiger partial charge is 0.306 e. The zero-order chi connectivity index (χ0) is 17.8. The molecule has 1 aliphatic carbocycles. The summed E-state index contributed by atoms with van der Waals surface area (Å²) in [6, 6.07) is 0. The van der Waals surface area contributed by atoms with E-state index in [0.717, 1.165) is 44.9 Å². The Bertz CT molecular complexity index is 372. The maximum absolute atomic E-state index is 12.3. The van der Waals surface area contributed by atoms with Crippen LogP contribution in [0.15, 0.2) is 0 Å². The van der Waals surface area contributed by atoms with E-state index in [2.05, 4.69) is 6.92 Å². The summed E-state index contributed by atoms with van der Waals surface area (Å²) < 4.78 is 5.94. The van der Waals surface area contributed by atoms with E-state index in [-0.39, 0.29) is 18.0 Å². The molecule has 0 amide bonds. The van der Waals surface area contributed by atoms with Gasteiger partial charge in [-0.3, -0.25) is 9.59 Å². The first kappa shape index (κ1) is 21.0. The van der Waals surface area contributed by atoms with Crippen molar-refractivity contribution >= 4 is 11.9 Å². The van der Waals surface area contributed by atoms with Gasteiger partial charge in [0.25, 0.3) is 0 Å². The summed E-state index contributed by atoms with van der Waals surface area (Å²) in [6.07, 6.45) is 13.3. The second-order valence-corrected chi connectivity index (χ2v) is 7.39. The fourth-order valence-electron chi connectivity index (χ4n) is 3.80. The van der Waals surface area contributed by atoms with Crippen molar-refractivity contribution in [3.8, 4) is 0 Å². The summed E-state index contributed by atoms with van der Waals surface area (Å²) in [5, 5.41) is 9.20. The van der Waals surface area contributed by atoms with Crippen molar-refractivity contribution in [2.75, 3.05) is 0 Å². The maximum Gasteiger partial charge on any atom is 0.306 e. The molecule has 1 saturated carbocycles. The largest absolute Gasteiger partial charge is 0.481 e. The molecule has 1 aliphatic rings. The summed E-state index contributed by atoms with van der Waals surface area (Å²) in [4.78, 5) is 23.5. The Labute approximate surface area is 147 Å². The number of carbonyl (C=O) groups is 2. The van der Waals surface area contributed by atoms with Crippen LogP contribution in [0.5, 0.6) is 0 Å². The van der Waals surface area contributed by atoms with Gasteiger partial charge in [-0.25, -0.2) is 0 Å². The van der Waals surface area contributed by atoms with Crippen LogP contribution in [0.2, 0.25) is 0 Å². The van der Waals surface area contributed by atoms with E-state index < -0.39 is 11.9 Å². The third kappa shape index (κ3) is 7.67. The molecule has 0 bridgehead atoms. The number of aliphatic carboxylic acids is 1. The fourth-order valence-corrected chi connectivity index (χ4v) is 3.80.